The number of aryl methyl sites for hydroxylation is 2. The van der Waals surface area contributed by atoms with Crippen molar-refractivity contribution >= 4 is 15.7 Å². The molecule has 2 rings (SSSR count). The second kappa shape index (κ2) is 6.63. The van der Waals surface area contributed by atoms with Gasteiger partial charge in [-0.2, -0.15) is 0 Å². The third-order valence-electron chi connectivity index (χ3n) is 4.59. The minimum atomic E-state index is -3.60. The molecule has 1 saturated heterocycles. The van der Waals surface area contributed by atoms with Crippen LogP contribution in [0.2, 0.25) is 0 Å². The Bertz CT molecular complexity index is 651. The predicted molar refractivity (Wildman–Crippen MR) is 87.6 cm³/mol. The lowest BCUT2D eigenvalue weighted by molar-refractivity contribution is -0.133. The van der Waals surface area contributed by atoms with Crippen LogP contribution in [0.5, 0.6) is 0 Å². The van der Waals surface area contributed by atoms with Gasteiger partial charge in [0, 0.05) is 18.7 Å². The molecule has 2 heterocycles. The number of likely N-dealkylation sites (tertiary alicyclic amines) is 1. The molecule has 1 aromatic heterocycles. The minimum absolute atomic E-state index is 0.208. The maximum atomic E-state index is 12.6. The van der Waals surface area contributed by atoms with Crippen molar-refractivity contribution < 1.29 is 17.7 Å². The van der Waals surface area contributed by atoms with Crippen molar-refractivity contribution in [3.63, 3.8) is 0 Å². The lowest BCUT2D eigenvalue weighted by atomic mass is 9.92. The Balaban J connectivity index is 2.14. The summed E-state index contributed by atoms with van der Waals surface area (Å²) in [6.07, 6.45) is 1.07. The molecule has 1 aliphatic heterocycles. The zero-order chi connectivity index (χ0) is 17.4. The first-order chi connectivity index (χ1) is 10.6. The molecule has 0 aromatic carbocycles. The van der Waals surface area contributed by atoms with Gasteiger partial charge in [-0.25, -0.2) is 8.42 Å². The molecule has 3 atom stereocenters. The Morgan fingerprint density at radius 2 is 1.87 bits per heavy atom. The Hall–Kier alpha value is -1.37. The molecule has 0 saturated carbocycles. The predicted octanol–water partition coefficient (Wildman–Crippen LogP) is 2.10. The summed E-state index contributed by atoms with van der Waals surface area (Å²) in [5, 5.41) is 2.73. The van der Waals surface area contributed by atoms with Crippen molar-refractivity contribution in [1.82, 2.24) is 10.1 Å². The van der Waals surface area contributed by atoms with E-state index in [2.05, 4.69) is 19.0 Å². The molecule has 0 radical (unpaired) electrons. The molecule has 6 nitrogen and oxygen atoms in total. The summed E-state index contributed by atoms with van der Waals surface area (Å²) < 4.78 is 30.3. The second-order valence-electron chi connectivity index (χ2n) is 6.94. The van der Waals surface area contributed by atoms with Crippen LogP contribution in [0.15, 0.2) is 4.52 Å². The summed E-state index contributed by atoms with van der Waals surface area (Å²) in [6.45, 7) is 10.3. The smallest absolute Gasteiger partial charge is 0.240 e. The number of carbonyl (C=O) groups is 1. The van der Waals surface area contributed by atoms with E-state index < -0.39 is 15.1 Å². The number of hydrogen-bond acceptors (Lipinski definition) is 5. The van der Waals surface area contributed by atoms with Gasteiger partial charge in [0.05, 0.1) is 11.4 Å². The van der Waals surface area contributed by atoms with Crippen molar-refractivity contribution in [3.8, 4) is 0 Å². The number of piperidine rings is 1. The second-order valence-corrected chi connectivity index (χ2v) is 9.26. The summed E-state index contributed by atoms with van der Waals surface area (Å²) in [5.41, 5.74) is 1.12. The molecule has 0 aliphatic carbocycles. The third kappa shape index (κ3) is 3.94. The molecular weight excluding hydrogens is 316 g/mol. The van der Waals surface area contributed by atoms with Crippen molar-refractivity contribution in [2.45, 2.75) is 52.0 Å². The first-order valence-corrected chi connectivity index (χ1v) is 9.75. The number of carbonyl (C=O) groups excluding carboxylic acids is 1. The number of aromatic nitrogens is 1. The van der Waals surface area contributed by atoms with Gasteiger partial charge in [-0.1, -0.05) is 19.0 Å². The monoisotopic (exact) mass is 342 g/mol. The van der Waals surface area contributed by atoms with E-state index in [-0.39, 0.29) is 11.7 Å². The molecule has 1 fully saturated rings. The van der Waals surface area contributed by atoms with Gasteiger partial charge in [0.2, 0.25) is 5.91 Å². The first kappa shape index (κ1) is 18.0. The van der Waals surface area contributed by atoms with Gasteiger partial charge in [-0.05, 0) is 39.0 Å². The first-order valence-electron chi connectivity index (χ1n) is 8.04. The van der Waals surface area contributed by atoms with E-state index in [0.29, 0.717) is 41.9 Å². The van der Waals surface area contributed by atoms with Crippen molar-refractivity contribution in [2.24, 2.45) is 11.8 Å². The number of rotatable bonds is 4. The fourth-order valence-electron chi connectivity index (χ4n) is 3.29. The van der Waals surface area contributed by atoms with Gasteiger partial charge in [0.15, 0.2) is 9.84 Å². The number of hydrogen-bond donors (Lipinski definition) is 0. The molecule has 1 amide bonds. The van der Waals surface area contributed by atoms with Crippen molar-refractivity contribution in [3.05, 3.63) is 17.0 Å². The molecule has 0 unspecified atom stereocenters. The maximum Gasteiger partial charge on any atom is 0.240 e. The van der Waals surface area contributed by atoms with Crippen LogP contribution in [0, 0.1) is 25.7 Å². The van der Waals surface area contributed by atoms with E-state index in [4.69, 9.17) is 4.52 Å². The normalized spacial score (nSPS) is 23.8. The molecule has 0 N–H and O–H groups in total. The SMILES string of the molecule is Cc1noc(C)c1CS(=O)(=O)[C@H](C)C(=O)N1C[C@H](C)C[C@H](C)C1. The summed E-state index contributed by atoms with van der Waals surface area (Å²) in [7, 11) is -3.60. The highest BCUT2D eigenvalue weighted by Crippen LogP contribution is 2.24. The van der Waals surface area contributed by atoms with Crippen LogP contribution in [-0.4, -0.2) is 42.7 Å². The van der Waals surface area contributed by atoms with Crippen molar-refractivity contribution in [1.29, 1.82) is 0 Å². The van der Waals surface area contributed by atoms with Gasteiger partial charge in [-0.3, -0.25) is 4.79 Å². The maximum absolute atomic E-state index is 12.6. The quantitative estimate of drug-likeness (QED) is 0.837. The number of amides is 1. The van der Waals surface area contributed by atoms with Crippen LogP contribution in [0.4, 0.5) is 0 Å². The van der Waals surface area contributed by atoms with Crippen LogP contribution >= 0.6 is 0 Å². The van der Waals surface area contributed by atoms with Crippen molar-refractivity contribution in [2.75, 3.05) is 13.1 Å². The standard InChI is InChI=1S/C16H26N2O4S/c1-10-6-11(2)8-18(7-10)16(19)14(5)23(20,21)9-15-12(3)17-22-13(15)4/h10-11,14H,6-9H2,1-5H3/t10-,11+,14-/m1/s1. The fraction of sp³-hybridized carbons (Fsp3) is 0.750. The third-order valence-corrected chi connectivity index (χ3v) is 6.56. The van der Waals surface area contributed by atoms with E-state index in [0.717, 1.165) is 6.42 Å². The molecule has 130 valence electrons. The Labute approximate surface area is 138 Å². The highest BCUT2D eigenvalue weighted by molar-refractivity contribution is 7.92. The summed E-state index contributed by atoms with van der Waals surface area (Å²) in [5.74, 6) is 0.793. The molecular formula is C16H26N2O4S. The van der Waals surface area contributed by atoms with Gasteiger partial charge in [-0.15, -0.1) is 0 Å². The number of nitrogens with zero attached hydrogens (tertiary/aromatic N) is 2. The zero-order valence-corrected chi connectivity index (χ0v) is 15.3. The van der Waals surface area contributed by atoms with E-state index in [1.54, 1.807) is 18.7 Å². The summed E-state index contributed by atoms with van der Waals surface area (Å²) in [4.78, 5) is 14.3. The van der Waals surface area contributed by atoms with Crippen LogP contribution in [0.3, 0.4) is 0 Å². The Kier molecular flexibility index (Phi) is 5.18. The lowest BCUT2D eigenvalue weighted by Crippen LogP contribution is -2.48. The molecule has 1 aliphatic rings. The molecule has 1 aromatic rings. The van der Waals surface area contributed by atoms with Gasteiger partial charge in [0.1, 0.15) is 11.0 Å². The fourth-order valence-corrected chi connectivity index (χ4v) is 4.81. The molecule has 23 heavy (non-hydrogen) atoms. The van der Waals surface area contributed by atoms with Crippen LogP contribution in [-0.2, 0) is 20.4 Å². The molecule has 7 heteroatoms. The zero-order valence-electron chi connectivity index (χ0n) is 14.5. The van der Waals surface area contributed by atoms with Crippen LogP contribution in [0.25, 0.3) is 0 Å². The highest BCUT2D eigenvalue weighted by atomic mass is 32.2. The van der Waals surface area contributed by atoms with Gasteiger partial charge in [0.25, 0.3) is 0 Å². The summed E-state index contributed by atoms with van der Waals surface area (Å²) in [6, 6.07) is 0. The van der Waals surface area contributed by atoms with E-state index in [1.165, 1.54) is 6.92 Å². The van der Waals surface area contributed by atoms with Crippen LogP contribution < -0.4 is 0 Å². The Morgan fingerprint density at radius 1 is 1.30 bits per heavy atom. The topological polar surface area (TPSA) is 80.5 Å². The average molecular weight is 342 g/mol. The van der Waals surface area contributed by atoms with E-state index >= 15 is 0 Å². The Morgan fingerprint density at radius 3 is 2.35 bits per heavy atom. The van der Waals surface area contributed by atoms with Gasteiger partial charge < -0.3 is 9.42 Å². The number of sulfone groups is 1. The highest BCUT2D eigenvalue weighted by Gasteiger charge is 2.35. The molecule has 0 spiro atoms. The summed E-state index contributed by atoms with van der Waals surface area (Å²) >= 11 is 0. The minimum Gasteiger partial charge on any atom is -0.361 e. The average Bonchev–Trinajstić information content (AvgIpc) is 2.76. The van der Waals surface area contributed by atoms with E-state index in [1.807, 2.05) is 0 Å². The van der Waals surface area contributed by atoms with E-state index in [9.17, 15) is 13.2 Å². The van der Waals surface area contributed by atoms with Gasteiger partial charge >= 0.3 is 0 Å². The molecule has 0 bridgehead atoms. The van der Waals surface area contributed by atoms with Crippen LogP contribution in [0.1, 0.15) is 44.2 Å². The lowest BCUT2D eigenvalue weighted by Gasteiger charge is -2.36. The largest absolute Gasteiger partial charge is 0.361 e.